The number of nitrogens with zero attached hydrogens (tertiary/aromatic N) is 3. The monoisotopic (exact) mass is 541 g/mol. The van der Waals surface area contributed by atoms with Gasteiger partial charge in [-0.05, 0) is 57.2 Å². The Labute approximate surface area is 237 Å². The van der Waals surface area contributed by atoms with Crippen molar-refractivity contribution < 1.29 is 19.1 Å². The van der Waals surface area contributed by atoms with Gasteiger partial charge in [-0.3, -0.25) is 14.8 Å². The molecular weight excluding hydrogens is 490 g/mol. The summed E-state index contributed by atoms with van der Waals surface area (Å²) in [5.74, 6) is 0.229. The van der Waals surface area contributed by atoms with Crippen molar-refractivity contribution in [1.82, 2.24) is 9.97 Å². The molecule has 0 aliphatic carbocycles. The predicted molar refractivity (Wildman–Crippen MR) is 164 cm³/mol. The van der Waals surface area contributed by atoms with Gasteiger partial charge in [0.1, 0.15) is 19.2 Å². The van der Waals surface area contributed by atoms with Crippen molar-refractivity contribution in [2.45, 2.75) is 105 Å². The summed E-state index contributed by atoms with van der Waals surface area (Å²) in [6.07, 6.45) is 11.5. The Morgan fingerprint density at radius 3 is 1.95 bits per heavy atom. The molecule has 0 aliphatic rings. The molecule has 0 saturated carbocycles. The molecule has 218 valence electrons. The summed E-state index contributed by atoms with van der Waals surface area (Å²) in [5.41, 5.74) is 5.10. The molecular formula is C32H51N3O4. The van der Waals surface area contributed by atoms with Crippen LogP contribution in [-0.4, -0.2) is 48.2 Å². The second-order valence-electron chi connectivity index (χ2n) is 10.0. The summed E-state index contributed by atoms with van der Waals surface area (Å²) < 4.78 is 4.95. The number of hydrogen-bond acceptors (Lipinski definition) is 7. The highest BCUT2D eigenvalue weighted by Crippen LogP contribution is 2.29. The molecule has 0 atom stereocenters. The zero-order valence-corrected chi connectivity index (χ0v) is 25.8. The molecule has 7 nitrogen and oxygen atoms in total. The molecule has 2 rings (SSSR count). The van der Waals surface area contributed by atoms with Crippen LogP contribution < -0.4 is 4.90 Å². The number of carbonyl (C=O) groups is 3. The van der Waals surface area contributed by atoms with Crippen LogP contribution >= 0.6 is 0 Å². The fourth-order valence-electron chi connectivity index (χ4n) is 3.83. The highest BCUT2D eigenvalue weighted by Gasteiger charge is 2.18. The van der Waals surface area contributed by atoms with Gasteiger partial charge in [0.25, 0.3) is 0 Å². The average molecular weight is 542 g/mol. The maximum absolute atomic E-state index is 10.4. The average Bonchev–Trinajstić information content (AvgIpc) is 2.94. The van der Waals surface area contributed by atoms with Crippen molar-refractivity contribution in [2.75, 3.05) is 11.9 Å². The first-order valence-electron chi connectivity index (χ1n) is 13.6. The zero-order valence-electron chi connectivity index (χ0n) is 25.8. The number of esters is 1. The van der Waals surface area contributed by atoms with E-state index >= 15 is 0 Å². The summed E-state index contributed by atoms with van der Waals surface area (Å²) in [7, 11) is 2.18. The van der Waals surface area contributed by atoms with Crippen molar-refractivity contribution in [3.05, 3.63) is 48.4 Å². The van der Waals surface area contributed by atoms with E-state index in [0.29, 0.717) is 12.0 Å². The first kappa shape index (κ1) is 37.8. The lowest BCUT2D eigenvalue weighted by atomic mass is 10.0. The predicted octanol–water partition coefficient (Wildman–Crippen LogP) is 7.68. The molecule has 0 radical (unpaired) electrons. The van der Waals surface area contributed by atoms with Gasteiger partial charge in [-0.1, -0.05) is 60.1 Å². The lowest BCUT2D eigenvalue weighted by Crippen LogP contribution is -2.32. The maximum Gasteiger partial charge on any atom is 0.303 e. The Balaban J connectivity index is 0. The number of ether oxygens (including phenoxy) is 1. The lowest BCUT2D eigenvalue weighted by Gasteiger charge is -2.31. The fourth-order valence-corrected chi connectivity index (χ4v) is 3.83. The minimum Gasteiger partial charge on any atom is -0.460 e. The van der Waals surface area contributed by atoms with Gasteiger partial charge in [-0.25, -0.2) is 0 Å². The summed E-state index contributed by atoms with van der Waals surface area (Å²) in [6, 6.07) is 6.87. The number of hydrogen-bond donors (Lipinski definition) is 0. The molecule has 7 heteroatoms. The van der Waals surface area contributed by atoms with E-state index < -0.39 is 0 Å². The molecule has 0 aliphatic heterocycles. The summed E-state index contributed by atoms with van der Waals surface area (Å²) in [5, 5.41) is 0. The van der Waals surface area contributed by atoms with E-state index in [0.717, 1.165) is 34.6 Å². The third-order valence-electron chi connectivity index (χ3n) is 6.25. The lowest BCUT2D eigenvalue weighted by molar-refractivity contribution is -0.153. The SMILES string of the molecule is C=Cc1cc(-c2ccc(C(C)C)nc2)ncc1N(C)C(CCC)CCC.C=O.C=O.CCC(C)(C)OC(C)=O. The van der Waals surface area contributed by atoms with E-state index in [9.17, 15) is 4.79 Å². The Kier molecular flexibility index (Phi) is 20.0. The van der Waals surface area contributed by atoms with Crippen molar-refractivity contribution in [1.29, 1.82) is 0 Å². The molecule has 0 fully saturated rings. The van der Waals surface area contributed by atoms with E-state index in [1.165, 1.54) is 32.6 Å². The smallest absolute Gasteiger partial charge is 0.303 e. The number of aromatic nitrogens is 2. The van der Waals surface area contributed by atoms with Crippen LogP contribution in [0.2, 0.25) is 0 Å². The summed E-state index contributed by atoms with van der Waals surface area (Å²) >= 11 is 0. The molecule has 0 N–H and O–H groups in total. The molecule has 0 unspecified atom stereocenters. The van der Waals surface area contributed by atoms with Crippen LogP contribution in [-0.2, 0) is 19.1 Å². The minimum atomic E-state index is -0.286. The van der Waals surface area contributed by atoms with Gasteiger partial charge < -0.3 is 19.2 Å². The van der Waals surface area contributed by atoms with Gasteiger partial charge in [0, 0.05) is 43.0 Å². The molecule has 0 bridgehead atoms. The maximum atomic E-state index is 10.4. The Hall–Kier alpha value is -3.35. The van der Waals surface area contributed by atoms with E-state index in [-0.39, 0.29) is 11.6 Å². The molecule has 0 spiro atoms. The van der Waals surface area contributed by atoms with Crippen LogP contribution in [0.5, 0.6) is 0 Å². The number of carbonyl (C=O) groups excluding carboxylic acids is 3. The first-order valence-corrected chi connectivity index (χ1v) is 13.6. The van der Waals surface area contributed by atoms with Crippen molar-refractivity contribution in [3.63, 3.8) is 0 Å². The van der Waals surface area contributed by atoms with Gasteiger partial charge in [0.2, 0.25) is 0 Å². The van der Waals surface area contributed by atoms with E-state index in [4.69, 9.17) is 19.3 Å². The van der Waals surface area contributed by atoms with Gasteiger partial charge in [0.15, 0.2) is 0 Å². The molecule has 39 heavy (non-hydrogen) atoms. The zero-order chi connectivity index (χ0) is 30.6. The van der Waals surface area contributed by atoms with Crippen molar-refractivity contribution in [2.24, 2.45) is 0 Å². The Morgan fingerprint density at radius 1 is 1.03 bits per heavy atom. The number of anilines is 1. The molecule has 0 amide bonds. The van der Waals surface area contributed by atoms with Gasteiger partial charge in [0.05, 0.1) is 17.6 Å². The third-order valence-corrected chi connectivity index (χ3v) is 6.25. The highest BCUT2D eigenvalue weighted by atomic mass is 16.6. The molecule has 0 aromatic carbocycles. The normalized spacial score (nSPS) is 10.2. The van der Waals surface area contributed by atoms with Gasteiger partial charge >= 0.3 is 5.97 Å². The minimum absolute atomic E-state index is 0.207. The quantitative estimate of drug-likeness (QED) is 0.269. The number of pyridine rings is 2. The van der Waals surface area contributed by atoms with Crippen LogP contribution in [0.1, 0.15) is 105 Å². The molecule has 2 aromatic rings. The van der Waals surface area contributed by atoms with Crippen LogP contribution in [0.15, 0.2) is 37.2 Å². The number of rotatable bonds is 11. The third kappa shape index (κ3) is 13.8. The second-order valence-corrected chi connectivity index (χ2v) is 10.0. The van der Waals surface area contributed by atoms with Crippen molar-refractivity contribution in [3.8, 4) is 11.3 Å². The molecule has 2 aromatic heterocycles. The van der Waals surface area contributed by atoms with E-state index in [1.807, 2.05) is 52.8 Å². The van der Waals surface area contributed by atoms with Gasteiger partial charge in [-0.15, -0.1) is 0 Å². The van der Waals surface area contributed by atoms with E-state index in [2.05, 4.69) is 69.4 Å². The van der Waals surface area contributed by atoms with Crippen LogP contribution in [0.3, 0.4) is 0 Å². The van der Waals surface area contributed by atoms with E-state index in [1.54, 1.807) is 0 Å². The topological polar surface area (TPSA) is 89.5 Å². The van der Waals surface area contributed by atoms with Crippen LogP contribution in [0, 0.1) is 0 Å². The van der Waals surface area contributed by atoms with Crippen LogP contribution in [0.25, 0.3) is 17.3 Å². The summed E-state index contributed by atoms with van der Waals surface area (Å²) in [6.45, 7) is 24.1. The largest absolute Gasteiger partial charge is 0.460 e. The molecule has 2 heterocycles. The van der Waals surface area contributed by atoms with Crippen LogP contribution in [0.4, 0.5) is 5.69 Å². The first-order chi connectivity index (χ1) is 18.5. The standard InChI is InChI=1S/C23H33N3.C7H14O2.2CH2O/c1-7-10-20(11-8-2)26(6)23-16-25-22(14-18(23)9-3)19-12-13-21(17(4)5)24-15-19;1-5-7(3,4)9-6(2)8;2*1-2/h9,12-17,20H,3,7-8,10-11H2,1-2,4-6H3;5H2,1-4H3;2*1H2. The highest BCUT2D eigenvalue weighted by molar-refractivity contribution is 5.72. The van der Waals surface area contributed by atoms with Crippen molar-refractivity contribution >= 4 is 31.3 Å². The second kappa shape index (κ2) is 20.6. The fraction of sp³-hybridized carbons (Fsp3) is 0.531. The molecule has 0 saturated heterocycles. The summed E-state index contributed by atoms with van der Waals surface area (Å²) in [4.78, 5) is 38.1. The Morgan fingerprint density at radius 2 is 1.59 bits per heavy atom. The Bertz CT molecular complexity index is 950. The van der Waals surface area contributed by atoms with Gasteiger partial charge in [-0.2, -0.15) is 0 Å².